The second kappa shape index (κ2) is 6.90. The van der Waals surface area contributed by atoms with E-state index in [1.54, 1.807) is 11.3 Å². The normalized spacial score (nSPS) is 22.8. The van der Waals surface area contributed by atoms with E-state index in [9.17, 15) is 4.79 Å². The largest absolute Gasteiger partial charge is 0.347 e. The average molecular weight is 266 g/mol. The Morgan fingerprint density at radius 2 is 2.28 bits per heavy atom. The first-order valence-electron chi connectivity index (χ1n) is 6.84. The minimum Gasteiger partial charge on any atom is -0.347 e. The Balaban J connectivity index is 1.86. The highest BCUT2D eigenvalue weighted by atomic mass is 32.1. The zero-order valence-corrected chi connectivity index (χ0v) is 11.8. The van der Waals surface area contributed by atoms with E-state index in [-0.39, 0.29) is 18.0 Å². The van der Waals surface area contributed by atoms with Crippen LogP contribution in [0.2, 0.25) is 0 Å². The van der Waals surface area contributed by atoms with E-state index in [2.05, 4.69) is 16.7 Å². The molecule has 18 heavy (non-hydrogen) atoms. The Bertz CT molecular complexity index is 356. The lowest BCUT2D eigenvalue weighted by Gasteiger charge is -2.22. The zero-order valence-electron chi connectivity index (χ0n) is 10.9. The molecule has 0 aromatic carbocycles. The number of carbonyl (C=O) groups excluding carboxylic acids is 1. The van der Waals surface area contributed by atoms with Gasteiger partial charge in [0.05, 0.1) is 12.1 Å². The molecule has 2 unspecified atom stereocenters. The third-order valence-electron chi connectivity index (χ3n) is 3.46. The number of rotatable bonds is 3. The number of amides is 1. The minimum atomic E-state index is -0.00675. The molecule has 0 radical (unpaired) electrons. The predicted molar refractivity (Wildman–Crippen MR) is 75.8 cm³/mol. The molecule has 1 saturated heterocycles. The van der Waals surface area contributed by atoms with Gasteiger partial charge in [0.1, 0.15) is 0 Å². The van der Waals surface area contributed by atoms with Crippen molar-refractivity contribution in [3.05, 3.63) is 22.4 Å². The number of hydrogen-bond acceptors (Lipinski definition) is 3. The highest BCUT2D eigenvalue weighted by molar-refractivity contribution is 7.10. The molecule has 1 aliphatic heterocycles. The molecular weight excluding hydrogens is 244 g/mol. The number of carbonyl (C=O) groups is 1. The van der Waals surface area contributed by atoms with Crippen LogP contribution < -0.4 is 10.6 Å². The third-order valence-corrected chi connectivity index (χ3v) is 4.51. The van der Waals surface area contributed by atoms with Gasteiger partial charge in [0, 0.05) is 4.88 Å². The summed E-state index contributed by atoms with van der Waals surface area (Å²) in [4.78, 5) is 13.4. The highest BCUT2D eigenvalue weighted by Gasteiger charge is 2.20. The molecule has 1 aromatic heterocycles. The summed E-state index contributed by atoms with van der Waals surface area (Å²) in [6.45, 7) is 3.01. The smallest absolute Gasteiger partial charge is 0.237 e. The van der Waals surface area contributed by atoms with Crippen LogP contribution in [0.3, 0.4) is 0 Å². The fraction of sp³-hybridized carbons (Fsp3) is 0.643. The van der Waals surface area contributed by atoms with Gasteiger partial charge in [0.2, 0.25) is 5.91 Å². The number of hydrogen-bond donors (Lipinski definition) is 2. The van der Waals surface area contributed by atoms with Crippen LogP contribution in [0.1, 0.15) is 49.9 Å². The van der Waals surface area contributed by atoms with Crippen molar-refractivity contribution in [2.75, 3.05) is 6.54 Å². The summed E-state index contributed by atoms with van der Waals surface area (Å²) >= 11 is 1.69. The summed E-state index contributed by atoms with van der Waals surface area (Å²) in [5.41, 5.74) is 0. The summed E-state index contributed by atoms with van der Waals surface area (Å²) in [5, 5.41) is 8.52. The average Bonchev–Trinajstić information content (AvgIpc) is 2.81. The molecule has 100 valence electrons. The Labute approximate surface area is 113 Å². The molecule has 1 aliphatic rings. The van der Waals surface area contributed by atoms with Crippen LogP contribution in [-0.4, -0.2) is 18.5 Å². The number of nitrogens with one attached hydrogen (secondary N) is 2. The standard InChI is InChI=1S/C14H22N2OS/c1-11(13-8-6-10-18-13)16-14(17)12-7-4-2-3-5-9-15-12/h6,8,10-12,15H,2-5,7,9H2,1H3,(H,16,17). The second-order valence-corrected chi connectivity index (χ2v) is 5.93. The molecule has 3 nitrogen and oxygen atoms in total. The van der Waals surface area contributed by atoms with Gasteiger partial charge in [-0.1, -0.05) is 25.3 Å². The van der Waals surface area contributed by atoms with Crippen molar-refractivity contribution in [2.24, 2.45) is 0 Å². The summed E-state index contributed by atoms with van der Waals surface area (Å²) in [5.74, 6) is 0.151. The number of thiophene rings is 1. The van der Waals surface area contributed by atoms with E-state index >= 15 is 0 Å². The summed E-state index contributed by atoms with van der Waals surface area (Å²) in [6, 6.07) is 4.20. The fourth-order valence-corrected chi connectivity index (χ4v) is 3.09. The molecule has 1 fully saturated rings. The van der Waals surface area contributed by atoms with Crippen LogP contribution in [0, 0.1) is 0 Å². The van der Waals surface area contributed by atoms with Gasteiger partial charge >= 0.3 is 0 Å². The van der Waals surface area contributed by atoms with E-state index < -0.39 is 0 Å². The molecule has 1 aromatic rings. The Morgan fingerprint density at radius 1 is 1.44 bits per heavy atom. The summed E-state index contributed by atoms with van der Waals surface area (Å²) < 4.78 is 0. The van der Waals surface area contributed by atoms with Gasteiger partial charge in [-0.2, -0.15) is 0 Å². The molecule has 0 saturated carbocycles. The quantitative estimate of drug-likeness (QED) is 0.883. The first-order chi connectivity index (χ1) is 8.77. The molecule has 2 atom stereocenters. The van der Waals surface area contributed by atoms with Crippen molar-refractivity contribution in [1.29, 1.82) is 0 Å². The van der Waals surface area contributed by atoms with Gasteiger partial charge in [0.25, 0.3) is 0 Å². The topological polar surface area (TPSA) is 41.1 Å². The summed E-state index contributed by atoms with van der Waals surface area (Å²) in [6.07, 6.45) is 5.84. The minimum absolute atomic E-state index is 0.00675. The Hall–Kier alpha value is -0.870. The van der Waals surface area contributed by atoms with Crippen molar-refractivity contribution >= 4 is 17.2 Å². The van der Waals surface area contributed by atoms with Gasteiger partial charge < -0.3 is 10.6 Å². The lowest BCUT2D eigenvalue weighted by atomic mass is 10.0. The van der Waals surface area contributed by atoms with Crippen LogP contribution in [0.25, 0.3) is 0 Å². The van der Waals surface area contributed by atoms with Crippen molar-refractivity contribution in [3.63, 3.8) is 0 Å². The van der Waals surface area contributed by atoms with Crippen LogP contribution in [0.15, 0.2) is 17.5 Å². The molecule has 0 aliphatic carbocycles. The van der Waals surface area contributed by atoms with E-state index in [0.29, 0.717) is 0 Å². The first kappa shape index (κ1) is 13.6. The van der Waals surface area contributed by atoms with Crippen LogP contribution in [0.5, 0.6) is 0 Å². The molecule has 4 heteroatoms. The van der Waals surface area contributed by atoms with Crippen molar-refractivity contribution in [2.45, 2.75) is 51.1 Å². The van der Waals surface area contributed by atoms with E-state index in [4.69, 9.17) is 0 Å². The van der Waals surface area contributed by atoms with Gasteiger partial charge in [-0.05, 0) is 37.8 Å². The van der Waals surface area contributed by atoms with Gasteiger partial charge in [-0.25, -0.2) is 0 Å². The van der Waals surface area contributed by atoms with Crippen molar-refractivity contribution in [3.8, 4) is 0 Å². The Kier molecular flexibility index (Phi) is 5.20. The van der Waals surface area contributed by atoms with Crippen LogP contribution in [-0.2, 0) is 4.79 Å². The molecule has 1 amide bonds. The molecule has 2 rings (SSSR count). The van der Waals surface area contributed by atoms with Gasteiger partial charge in [0.15, 0.2) is 0 Å². The highest BCUT2D eigenvalue weighted by Crippen LogP contribution is 2.18. The van der Waals surface area contributed by atoms with Crippen molar-refractivity contribution in [1.82, 2.24) is 10.6 Å². The van der Waals surface area contributed by atoms with Crippen molar-refractivity contribution < 1.29 is 4.79 Å². The maximum absolute atomic E-state index is 12.2. The lowest BCUT2D eigenvalue weighted by Crippen LogP contribution is -2.45. The van der Waals surface area contributed by atoms with Gasteiger partial charge in [-0.3, -0.25) is 4.79 Å². The van der Waals surface area contributed by atoms with E-state index in [1.807, 2.05) is 18.4 Å². The van der Waals surface area contributed by atoms with E-state index in [1.165, 1.54) is 24.1 Å². The Morgan fingerprint density at radius 3 is 3.06 bits per heavy atom. The maximum Gasteiger partial charge on any atom is 0.237 e. The van der Waals surface area contributed by atoms with Crippen LogP contribution >= 0.6 is 11.3 Å². The summed E-state index contributed by atoms with van der Waals surface area (Å²) in [7, 11) is 0. The van der Waals surface area contributed by atoms with Crippen LogP contribution in [0.4, 0.5) is 0 Å². The molecule has 2 heterocycles. The van der Waals surface area contributed by atoms with Gasteiger partial charge in [-0.15, -0.1) is 11.3 Å². The van der Waals surface area contributed by atoms with E-state index in [0.717, 1.165) is 19.4 Å². The molecule has 0 bridgehead atoms. The zero-order chi connectivity index (χ0) is 12.8. The fourth-order valence-electron chi connectivity index (χ4n) is 2.35. The molecule has 0 spiro atoms. The molecular formula is C14H22N2OS. The molecule has 2 N–H and O–H groups in total. The second-order valence-electron chi connectivity index (χ2n) is 4.96. The first-order valence-corrected chi connectivity index (χ1v) is 7.72. The maximum atomic E-state index is 12.2. The predicted octanol–water partition coefficient (Wildman–Crippen LogP) is 2.85. The lowest BCUT2D eigenvalue weighted by molar-refractivity contribution is -0.124. The SMILES string of the molecule is CC(NC(=O)C1CCCCCCN1)c1cccs1. The third kappa shape index (κ3) is 3.82. The monoisotopic (exact) mass is 266 g/mol.